The second-order valence-corrected chi connectivity index (χ2v) is 8.90. The minimum Gasteiger partial charge on any atom is -0.506 e. The van der Waals surface area contributed by atoms with Gasteiger partial charge in [-0.3, -0.25) is 0 Å². The lowest BCUT2D eigenvalue weighted by atomic mass is 10.2. The van der Waals surface area contributed by atoms with Crippen LogP contribution in [0.2, 0.25) is 0 Å². The van der Waals surface area contributed by atoms with Gasteiger partial charge in [0.05, 0.1) is 11.1 Å². The highest BCUT2D eigenvalue weighted by atomic mass is 32.2. The van der Waals surface area contributed by atoms with Crippen molar-refractivity contribution in [3.8, 4) is 11.5 Å². The normalized spacial score (nSPS) is 13.2. The zero-order valence-corrected chi connectivity index (χ0v) is 19.2. The van der Waals surface area contributed by atoms with E-state index in [2.05, 4.69) is 9.50 Å². The number of hydrogen-bond acceptors (Lipinski definition) is 8. The average Bonchev–Trinajstić information content (AvgIpc) is 2.87. The quantitative estimate of drug-likeness (QED) is 0.318. The summed E-state index contributed by atoms with van der Waals surface area (Å²) in [6, 6.07) is 18.7. The maximum Gasteiger partial charge on any atom is 0.354 e. The molecule has 34 heavy (non-hydrogen) atoms. The van der Waals surface area contributed by atoms with Crippen LogP contribution in [0.25, 0.3) is 0 Å². The molecule has 0 radical (unpaired) electrons. The first-order valence-electron chi connectivity index (χ1n) is 10.7. The van der Waals surface area contributed by atoms with Crippen molar-refractivity contribution in [1.29, 1.82) is 0 Å². The van der Waals surface area contributed by atoms with Gasteiger partial charge in [0.2, 0.25) is 0 Å². The van der Waals surface area contributed by atoms with Crippen LogP contribution in [0, 0.1) is 0 Å². The largest absolute Gasteiger partial charge is 0.506 e. The van der Waals surface area contributed by atoms with Crippen molar-refractivity contribution in [3.63, 3.8) is 0 Å². The van der Waals surface area contributed by atoms with E-state index < -0.39 is 32.7 Å². The van der Waals surface area contributed by atoms with E-state index in [1.165, 1.54) is 62.7 Å². The Kier molecular flexibility index (Phi) is 8.78. The standard InChI is InChI=1S/C20H14O7S.C5H11N/c21-17-12-11-16(26-19(22)14-7-3-1-4-8-14)13-18(17)28(24,25)27-20(23)15-9-5-2-6-10-15;1-2-4-6-5-3-1/h1-13,21H;6H,1-5H2. The third kappa shape index (κ3) is 7.16. The maximum atomic E-state index is 12.4. The Morgan fingerprint density at radius 2 is 1.32 bits per heavy atom. The summed E-state index contributed by atoms with van der Waals surface area (Å²) in [6.07, 6.45) is 4.22. The SMILES string of the molecule is C1CCNCC1.O=C(Oc1ccc(O)c(S(=O)(=O)OC(=O)c2ccccc2)c1)c1ccccc1. The Hall–Kier alpha value is -3.69. The van der Waals surface area contributed by atoms with E-state index in [4.69, 9.17) is 4.74 Å². The van der Waals surface area contributed by atoms with Crippen molar-refractivity contribution in [3.05, 3.63) is 90.0 Å². The molecule has 0 atom stereocenters. The van der Waals surface area contributed by atoms with Gasteiger partial charge < -0.3 is 19.3 Å². The van der Waals surface area contributed by atoms with Crippen molar-refractivity contribution in [2.75, 3.05) is 13.1 Å². The maximum absolute atomic E-state index is 12.4. The zero-order chi connectivity index (χ0) is 24.4. The fraction of sp³-hybridized carbons (Fsp3) is 0.200. The van der Waals surface area contributed by atoms with Crippen molar-refractivity contribution in [1.82, 2.24) is 5.32 Å². The third-order valence-corrected chi connectivity index (χ3v) is 6.06. The van der Waals surface area contributed by atoms with Crippen molar-refractivity contribution in [2.24, 2.45) is 0 Å². The molecule has 2 N–H and O–H groups in total. The predicted octanol–water partition coefficient (Wildman–Crippen LogP) is 3.92. The number of hydrogen-bond donors (Lipinski definition) is 2. The Bertz CT molecular complexity index is 1200. The highest BCUT2D eigenvalue weighted by Gasteiger charge is 2.26. The van der Waals surface area contributed by atoms with Gasteiger partial charge in [0.15, 0.2) is 4.90 Å². The van der Waals surface area contributed by atoms with Crippen LogP contribution < -0.4 is 10.1 Å². The second kappa shape index (κ2) is 12.0. The number of ether oxygens (including phenoxy) is 1. The lowest BCUT2D eigenvalue weighted by molar-refractivity contribution is 0.0725. The number of phenolic OH excluding ortho intramolecular Hbond substituents is 1. The molecule has 1 aliphatic rings. The number of rotatable bonds is 5. The van der Waals surface area contributed by atoms with Gasteiger partial charge in [-0.05, 0) is 62.3 Å². The van der Waals surface area contributed by atoms with Crippen LogP contribution in [0.4, 0.5) is 0 Å². The van der Waals surface area contributed by atoms with Gasteiger partial charge in [-0.15, -0.1) is 0 Å². The summed E-state index contributed by atoms with van der Waals surface area (Å²) in [4.78, 5) is 23.4. The van der Waals surface area contributed by atoms with Crippen LogP contribution in [-0.2, 0) is 14.3 Å². The summed E-state index contributed by atoms with van der Waals surface area (Å²) in [7, 11) is -4.65. The van der Waals surface area contributed by atoms with E-state index in [-0.39, 0.29) is 16.9 Å². The third-order valence-electron chi connectivity index (χ3n) is 4.82. The molecule has 1 aliphatic heterocycles. The Balaban J connectivity index is 0.000000469. The first kappa shape index (κ1) is 24.9. The average molecular weight is 484 g/mol. The van der Waals surface area contributed by atoms with E-state index in [0.717, 1.165) is 12.1 Å². The molecule has 0 bridgehead atoms. The van der Waals surface area contributed by atoms with Gasteiger partial charge in [0.25, 0.3) is 0 Å². The first-order chi connectivity index (χ1) is 16.4. The van der Waals surface area contributed by atoms with Crippen LogP contribution in [0.5, 0.6) is 11.5 Å². The lowest BCUT2D eigenvalue weighted by Gasteiger charge is -2.10. The molecule has 8 nitrogen and oxygen atoms in total. The number of esters is 1. The fourth-order valence-corrected chi connectivity index (χ4v) is 4.04. The molecular formula is C25H25NO7S. The van der Waals surface area contributed by atoms with E-state index >= 15 is 0 Å². The van der Waals surface area contributed by atoms with Crippen LogP contribution in [0.3, 0.4) is 0 Å². The Morgan fingerprint density at radius 1 is 0.765 bits per heavy atom. The molecule has 4 rings (SSSR count). The molecule has 3 aromatic carbocycles. The van der Waals surface area contributed by atoms with E-state index in [0.29, 0.717) is 0 Å². The Morgan fingerprint density at radius 3 is 1.82 bits per heavy atom. The predicted molar refractivity (Wildman–Crippen MR) is 125 cm³/mol. The molecule has 3 aromatic rings. The van der Waals surface area contributed by atoms with Crippen molar-refractivity contribution in [2.45, 2.75) is 24.2 Å². The summed E-state index contributed by atoms with van der Waals surface area (Å²) in [5.74, 6) is -2.61. The van der Waals surface area contributed by atoms with E-state index in [1.807, 2.05) is 0 Å². The highest BCUT2D eigenvalue weighted by molar-refractivity contribution is 7.87. The molecule has 0 saturated carbocycles. The Labute approximate surface area is 198 Å². The van der Waals surface area contributed by atoms with Crippen LogP contribution in [-0.4, -0.2) is 38.6 Å². The fourth-order valence-electron chi connectivity index (χ4n) is 3.07. The monoisotopic (exact) mass is 483 g/mol. The summed E-state index contributed by atoms with van der Waals surface area (Å²) in [6.45, 7) is 2.50. The lowest BCUT2D eigenvalue weighted by Crippen LogP contribution is -2.21. The molecule has 0 aliphatic carbocycles. The summed E-state index contributed by atoms with van der Waals surface area (Å²) in [5, 5.41) is 13.2. The van der Waals surface area contributed by atoms with Gasteiger partial charge in [0.1, 0.15) is 11.5 Å². The summed E-state index contributed by atoms with van der Waals surface area (Å²) < 4.78 is 34.5. The molecule has 1 fully saturated rings. The van der Waals surface area contributed by atoms with E-state index in [1.54, 1.807) is 36.4 Å². The molecule has 0 aromatic heterocycles. The minimum absolute atomic E-state index is 0.0252. The molecule has 1 saturated heterocycles. The van der Waals surface area contributed by atoms with Gasteiger partial charge in [0, 0.05) is 6.07 Å². The van der Waals surface area contributed by atoms with Crippen LogP contribution in [0.1, 0.15) is 40.0 Å². The number of phenols is 1. The van der Waals surface area contributed by atoms with Crippen LogP contribution in [0.15, 0.2) is 83.8 Å². The smallest absolute Gasteiger partial charge is 0.354 e. The summed E-state index contributed by atoms with van der Waals surface area (Å²) in [5.41, 5.74) is 0.285. The van der Waals surface area contributed by atoms with Crippen molar-refractivity contribution >= 4 is 22.1 Å². The van der Waals surface area contributed by atoms with E-state index in [9.17, 15) is 23.1 Å². The van der Waals surface area contributed by atoms with Gasteiger partial charge >= 0.3 is 22.1 Å². The molecule has 0 spiro atoms. The van der Waals surface area contributed by atoms with Crippen LogP contribution >= 0.6 is 0 Å². The number of nitrogens with one attached hydrogen (secondary N) is 1. The highest BCUT2D eigenvalue weighted by Crippen LogP contribution is 2.29. The van der Waals surface area contributed by atoms with Gasteiger partial charge in [-0.25, -0.2) is 9.59 Å². The molecule has 0 amide bonds. The topological polar surface area (TPSA) is 119 Å². The number of carbonyl (C=O) groups is 2. The zero-order valence-electron chi connectivity index (χ0n) is 18.3. The second-order valence-electron chi connectivity index (χ2n) is 7.39. The molecular weight excluding hydrogens is 458 g/mol. The summed E-state index contributed by atoms with van der Waals surface area (Å²) >= 11 is 0. The minimum atomic E-state index is -4.65. The van der Waals surface area contributed by atoms with Gasteiger partial charge in [-0.1, -0.05) is 42.8 Å². The number of benzene rings is 3. The molecule has 9 heteroatoms. The molecule has 178 valence electrons. The first-order valence-corrected chi connectivity index (χ1v) is 12.1. The molecule has 0 unspecified atom stereocenters. The van der Waals surface area contributed by atoms with Crippen molar-refractivity contribution < 1.29 is 32.0 Å². The van der Waals surface area contributed by atoms with Gasteiger partial charge in [-0.2, -0.15) is 8.42 Å². The number of piperidine rings is 1. The number of carbonyl (C=O) groups excluding carboxylic acids is 2. The molecule has 1 heterocycles. The number of aromatic hydroxyl groups is 1.